The van der Waals surface area contributed by atoms with Crippen LogP contribution in [0.15, 0.2) is 18.2 Å². The van der Waals surface area contributed by atoms with Crippen LogP contribution in [0.25, 0.3) is 0 Å². The Hall–Kier alpha value is -2.22. The van der Waals surface area contributed by atoms with Gasteiger partial charge in [-0.2, -0.15) is 5.26 Å². The van der Waals surface area contributed by atoms with Crippen LogP contribution in [0.2, 0.25) is 0 Å². The summed E-state index contributed by atoms with van der Waals surface area (Å²) in [5.41, 5.74) is 2.66. The molecule has 2 rings (SSSR count). The second-order valence-electron chi connectivity index (χ2n) is 8.34. The molecular formula is C21H31N3O2. The molecular weight excluding hydrogens is 326 g/mol. The third-order valence-corrected chi connectivity index (χ3v) is 4.47. The Morgan fingerprint density at radius 1 is 1.23 bits per heavy atom. The Balaban J connectivity index is 2.06. The minimum Gasteiger partial charge on any atom is -0.444 e. The lowest BCUT2D eigenvalue weighted by molar-refractivity contribution is 0.0240. The molecule has 0 N–H and O–H groups in total. The zero-order valence-corrected chi connectivity index (χ0v) is 16.7. The molecule has 5 heteroatoms. The molecule has 26 heavy (non-hydrogen) atoms. The van der Waals surface area contributed by atoms with Gasteiger partial charge in [0.15, 0.2) is 0 Å². The molecule has 0 saturated carbocycles. The lowest BCUT2D eigenvalue weighted by atomic mass is 9.98. The monoisotopic (exact) mass is 357 g/mol. The van der Waals surface area contributed by atoms with Crippen molar-refractivity contribution in [2.24, 2.45) is 5.92 Å². The van der Waals surface area contributed by atoms with Crippen LogP contribution in [0, 0.1) is 17.2 Å². The van der Waals surface area contributed by atoms with E-state index >= 15 is 0 Å². The number of carbonyl (C=O) groups is 1. The molecule has 0 bridgehead atoms. The molecule has 1 amide bonds. The van der Waals surface area contributed by atoms with Crippen LogP contribution in [0.4, 0.5) is 10.5 Å². The summed E-state index contributed by atoms with van der Waals surface area (Å²) in [5.74, 6) is 0.623. The zero-order valence-electron chi connectivity index (χ0n) is 16.7. The van der Waals surface area contributed by atoms with Crippen molar-refractivity contribution in [3.63, 3.8) is 0 Å². The molecule has 0 spiro atoms. The molecule has 0 unspecified atom stereocenters. The summed E-state index contributed by atoms with van der Waals surface area (Å²) < 4.78 is 5.47. The summed E-state index contributed by atoms with van der Waals surface area (Å²) in [6.07, 6.45) is 1.83. The molecule has 1 aromatic rings. The fraction of sp³-hybridized carbons (Fsp3) is 0.619. The number of benzene rings is 1. The van der Waals surface area contributed by atoms with Crippen LogP contribution in [0.1, 0.15) is 52.2 Å². The fourth-order valence-corrected chi connectivity index (χ4v) is 3.06. The molecule has 1 fully saturated rings. The van der Waals surface area contributed by atoms with E-state index in [0.717, 1.165) is 25.9 Å². The lowest BCUT2D eigenvalue weighted by Crippen LogP contribution is -2.50. The van der Waals surface area contributed by atoms with Gasteiger partial charge in [-0.25, -0.2) is 4.79 Å². The Bertz CT molecular complexity index is 663. The van der Waals surface area contributed by atoms with Gasteiger partial charge >= 0.3 is 6.09 Å². The van der Waals surface area contributed by atoms with E-state index in [9.17, 15) is 10.1 Å². The second-order valence-corrected chi connectivity index (χ2v) is 8.34. The largest absolute Gasteiger partial charge is 0.444 e. The quantitative estimate of drug-likeness (QED) is 0.810. The average molecular weight is 357 g/mol. The number of piperazine rings is 1. The fourth-order valence-electron chi connectivity index (χ4n) is 3.06. The van der Waals surface area contributed by atoms with Crippen LogP contribution in [0.3, 0.4) is 0 Å². The van der Waals surface area contributed by atoms with Gasteiger partial charge in [-0.15, -0.1) is 0 Å². The van der Waals surface area contributed by atoms with E-state index in [-0.39, 0.29) is 6.09 Å². The Kier molecular flexibility index (Phi) is 6.52. The van der Waals surface area contributed by atoms with Crippen molar-refractivity contribution >= 4 is 11.8 Å². The molecule has 0 atom stereocenters. The van der Waals surface area contributed by atoms with Gasteiger partial charge in [0.1, 0.15) is 5.60 Å². The van der Waals surface area contributed by atoms with E-state index in [4.69, 9.17) is 4.74 Å². The van der Waals surface area contributed by atoms with E-state index < -0.39 is 5.60 Å². The van der Waals surface area contributed by atoms with Gasteiger partial charge < -0.3 is 14.5 Å². The molecule has 142 valence electrons. The van der Waals surface area contributed by atoms with E-state index in [2.05, 4.69) is 30.9 Å². The van der Waals surface area contributed by atoms with Crippen LogP contribution < -0.4 is 4.90 Å². The summed E-state index contributed by atoms with van der Waals surface area (Å²) >= 11 is 0. The van der Waals surface area contributed by atoms with Gasteiger partial charge in [0.05, 0.1) is 11.6 Å². The highest BCUT2D eigenvalue weighted by atomic mass is 16.6. The van der Waals surface area contributed by atoms with Crippen LogP contribution >= 0.6 is 0 Å². The van der Waals surface area contributed by atoms with E-state index in [1.54, 1.807) is 4.90 Å². The highest BCUT2D eigenvalue weighted by molar-refractivity contribution is 5.69. The number of ether oxygens (including phenoxy) is 1. The maximum absolute atomic E-state index is 12.2. The molecule has 1 aliphatic rings. The predicted molar refractivity (Wildman–Crippen MR) is 104 cm³/mol. The third-order valence-electron chi connectivity index (χ3n) is 4.47. The minimum absolute atomic E-state index is 0.239. The number of aryl methyl sites for hydroxylation is 1. The van der Waals surface area contributed by atoms with Crippen molar-refractivity contribution in [1.29, 1.82) is 5.26 Å². The van der Waals surface area contributed by atoms with Crippen molar-refractivity contribution in [3.8, 4) is 6.07 Å². The number of carbonyl (C=O) groups excluding carboxylic acids is 1. The first-order valence-corrected chi connectivity index (χ1v) is 9.45. The standard InChI is InChI=1S/C21H31N3O2/c1-16(2)6-8-18-14-17(15-22)7-9-19(18)23-10-12-24(13-11-23)20(25)26-21(3,4)5/h7,9,14,16H,6,8,10-13H2,1-5H3. The molecule has 5 nitrogen and oxygen atoms in total. The van der Waals surface area contributed by atoms with E-state index in [0.29, 0.717) is 24.6 Å². The van der Waals surface area contributed by atoms with Crippen molar-refractivity contribution < 1.29 is 9.53 Å². The number of hydrogen-bond acceptors (Lipinski definition) is 4. The molecule has 0 aliphatic carbocycles. The first-order valence-electron chi connectivity index (χ1n) is 9.45. The van der Waals surface area contributed by atoms with Gasteiger partial charge in [-0.05, 0) is 63.3 Å². The summed E-state index contributed by atoms with van der Waals surface area (Å²) in [7, 11) is 0. The number of hydrogen-bond donors (Lipinski definition) is 0. The van der Waals surface area contributed by atoms with Crippen molar-refractivity contribution in [3.05, 3.63) is 29.3 Å². The molecule has 0 aromatic heterocycles. The Labute approximate surface area is 157 Å². The number of anilines is 1. The second kappa shape index (κ2) is 8.44. The zero-order chi connectivity index (χ0) is 19.3. The summed E-state index contributed by atoms with van der Waals surface area (Å²) in [6, 6.07) is 8.19. The summed E-state index contributed by atoms with van der Waals surface area (Å²) in [5, 5.41) is 9.21. The van der Waals surface area contributed by atoms with Crippen molar-refractivity contribution in [1.82, 2.24) is 4.90 Å². The maximum atomic E-state index is 12.2. The maximum Gasteiger partial charge on any atom is 0.410 e. The molecule has 1 aromatic carbocycles. The molecule has 0 radical (unpaired) electrons. The molecule has 1 aliphatic heterocycles. The topological polar surface area (TPSA) is 56.6 Å². The van der Waals surface area contributed by atoms with Crippen LogP contribution in [-0.4, -0.2) is 42.8 Å². The van der Waals surface area contributed by atoms with Gasteiger partial charge in [-0.1, -0.05) is 13.8 Å². The summed E-state index contributed by atoms with van der Waals surface area (Å²) in [4.78, 5) is 16.3. The van der Waals surface area contributed by atoms with Crippen LogP contribution in [0.5, 0.6) is 0 Å². The predicted octanol–water partition coefficient (Wildman–Crippen LogP) is 4.20. The Morgan fingerprint density at radius 3 is 2.42 bits per heavy atom. The van der Waals surface area contributed by atoms with Crippen LogP contribution in [-0.2, 0) is 11.2 Å². The van der Waals surface area contributed by atoms with Gasteiger partial charge in [-0.3, -0.25) is 0 Å². The Morgan fingerprint density at radius 2 is 1.88 bits per heavy atom. The van der Waals surface area contributed by atoms with E-state index in [1.807, 2.05) is 32.9 Å². The molecule has 1 heterocycles. The summed E-state index contributed by atoms with van der Waals surface area (Å²) in [6.45, 7) is 13.0. The average Bonchev–Trinajstić information content (AvgIpc) is 2.58. The number of nitriles is 1. The normalized spacial score (nSPS) is 15.1. The van der Waals surface area contributed by atoms with Crippen molar-refractivity contribution in [2.45, 2.75) is 53.1 Å². The van der Waals surface area contributed by atoms with Gasteiger partial charge in [0.25, 0.3) is 0 Å². The van der Waals surface area contributed by atoms with E-state index in [1.165, 1.54) is 11.3 Å². The lowest BCUT2D eigenvalue weighted by Gasteiger charge is -2.37. The third kappa shape index (κ3) is 5.66. The molecule has 1 saturated heterocycles. The number of rotatable bonds is 4. The van der Waals surface area contributed by atoms with Crippen molar-refractivity contribution in [2.75, 3.05) is 31.1 Å². The SMILES string of the molecule is CC(C)CCc1cc(C#N)ccc1N1CCN(C(=O)OC(C)(C)C)CC1. The van der Waals surface area contributed by atoms with Gasteiger partial charge in [0.2, 0.25) is 0 Å². The van der Waals surface area contributed by atoms with Gasteiger partial charge in [0, 0.05) is 31.9 Å². The highest BCUT2D eigenvalue weighted by Gasteiger charge is 2.26. The minimum atomic E-state index is -0.467. The smallest absolute Gasteiger partial charge is 0.410 e. The number of amides is 1. The first kappa shape index (κ1) is 20.1. The highest BCUT2D eigenvalue weighted by Crippen LogP contribution is 2.26. The first-order chi connectivity index (χ1) is 12.2. The number of nitrogens with zero attached hydrogens (tertiary/aromatic N) is 3.